The van der Waals surface area contributed by atoms with Crippen LogP contribution in [0.4, 0.5) is 0 Å². The minimum absolute atomic E-state index is 0.0103. The van der Waals surface area contributed by atoms with Crippen LogP contribution in [0.2, 0.25) is 0 Å². The predicted molar refractivity (Wildman–Crippen MR) is 295 cm³/mol. The van der Waals surface area contributed by atoms with Crippen molar-refractivity contribution >= 4 is 27.9 Å². The lowest BCUT2D eigenvalue weighted by Crippen LogP contribution is -2.26. The number of unbranched alkanes of at least 4 members (excludes halogenated alkanes) is 32. The highest BCUT2D eigenvalue weighted by atomic mass is 79.9. The SMILES string of the molecule is CCCCCCCCCCCCCCCCOCC(COC)OCCCCCCC(=O)OCC.CCCCCCCCCCCCCCCCOCC(O)COC.CCOC(=O)CCCCCCBr. The van der Waals surface area contributed by atoms with E-state index in [-0.39, 0.29) is 18.0 Å². The number of aliphatic hydroxyl groups excluding tert-OH is 1. The lowest BCUT2D eigenvalue weighted by Gasteiger charge is -2.17. The van der Waals surface area contributed by atoms with Crippen molar-refractivity contribution in [3.8, 4) is 0 Å². The van der Waals surface area contributed by atoms with Gasteiger partial charge >= 0.3 is 11.9 Å². The van der Waals surface area contributed by atoms with E-state index in [0.717, 1.165) is 76.5 Å². The summed E-state index contributed by atoms with van der Waals surface area (Å²) in [6.07, 6.45) is 47.6. The maximum atomic E-state index is 11.3. The number of halogens is 1. The summed E-state index contributed by atoms with van der Waals surface area (Å²) in [5.41, 5.74) is 0. The molecule has 0 bridgehead atoms. The van der Waals surface area contributed by atoms with Gasteiger partial charge in [0, 0.05) is 52.2 Å². The van der Waals surface area contributed by atoms with Gasteiger partial charge in [-0.15, -0.1) is 0 Å². The molecule has 0 fully saturated rings. The molecule has 2 atom stereocenters. The molecule has 0 aliphatic carbocycles. The van der Waals surface area contributed by atoms with E-state index in [9.17, 15) is 14.7 Å². The average Bonchev–Trinajstić information content (AvgIpc) is 3.34. The molecule has 11 heteroatoms. The molecule has 69 heavy (non-hydrogen) atoms. The Kier molecular flexibility index (Phi) is 70.5. The number of carbonyl (C=O) groups is 2. The van der Waals surface area contributed by atoms with Crippen molar-refractivity contribution in [3.05, 3.63) is 0 Å². The van der Waals surface area contributed by atoms with E-state index >= 15 is 0 Å². The second-order valence-corrected chi connectivity index (χ2v) is 19.8. The summed E-state index contributed by atoms with van der Waals surface area (Å²) in [5.74, 6) is -0.147. The van der Waals surface area contributed by atoms with Gasteiger partial charge in [-0.3, -0.25) is 9.59 Å². The van der Waals surface area contributed by atoms with Crippen molar-refractivity contribution in [1.82, 2.24) is 0 Å². The topological polar surface area (TPSA) is 119 Å². The summed E-state index contributed by atoms with van der Waals surface area (Å²) in [6.45, 7) is 13.4. The fraction of sp³-hybridized carbons (Fsp3) is 0.966. The number of carbonyl (C=O) groups excluding carboxylic acids is 2. The first kappa shape index (κ1) is 72.4. The molecule has 0 heterocycles. The number of hydrogen-bond acceptors (Lipinski definition) is 10. The van der Waals surface area contributed by atoms with Crippen LogP contribution in [-0.4, -0.2) is 108 Å². The molecule has 2 unspecified atom stereocenters. The van der Waals surface area contributed by atoms with Crippen LogP contribution >= 0.6 is 15.9 Å². The molecule has 0 spiro atoms. The van der Waals surface area contributed by atoms with Crippen molar-refractivity contribution in [2.75, 3.05) is 79.0 Å². The molecular weight excluding hydrogens is 937 g/mol. The van der Waals surface area contributed by atoms with E-state index < -0.39 is 6.10 Å². The highest BCUT2D eigenvalue weighted by molar-refractivity contribution is 9.09. The third-order valence-electron chi connectivity index (χ3n) is 12.1. The van der Waals surface area contributed by atoms with Gasteiger partial charge in [-0.2, -0.15) is 0 Å². The molecule has 0 saturated carbocycles. The molecule has 416 valence electrons. The van der Waals surface area contributed by atoms with E-state index in [0.29, 0.717) is 52.5 Å². The number of aliphatic hydroxyl groups is 1. The molecule has 0 aromatic heterocycles. The average molecular weight is 1050 g/mol. The quantitative estimate of drug-likeness (QED) is 0.0358. The molecule has 0 aliphatic heterocycles. The van der Waals surface area contributed by atoms with Crippen LogP contribution in [0.3, 0.4) is 0 Å². The van der Waals surface area contributed by atoms with Gasteiger partial charge in [0.2, 0.25) is 0 Å². The predicted octanol–water partition coefficient (Wildman–Crippen LogP) is 16.4. The van der Waals surface area contributed by atoms with Gasteiger partial charge in [0.05, 0.1) is 39.6 Å². The number of esters is 2. The Bertz CT molecular complexity index is 944. The van der Waals surface area contributed by atoms with Crippen LogP contribution in [0, 0.1) is 0 Å². The number of rotatable bonds is 54. The van der Waals surface area contributed by atoms with Crippen molar-refractivity contribution < 1.29 is 47.9 Å². The zero-order valence-electron chi connectivity index (χ0n) is 46.6. The second-order valence-electron chi connectivity index (χ2n) is 19.0. The van der Waals surface area contributed by atoms with E-state index in [1.807, 2.05) is 13.8 Å². The summed E-state index contributed by atoms with van der Waals surface area (Å²) in [7, 11) is 3.30. The Labute approximate surface area is 436 Å². The summed E-state index contributed by atoms with van der Waals surface area (Å²) in [6, 6.07) is 0. The fourth-order valence-electron chi connectivity index (χ4n) is 7.96. The van der Waals surface area contributed by atoms with Crippen LogP contribution < -0.4 is 0 Å². The van der Waals surface area contributed by atoms with Crippen molar-refractivity contribution in [2.45, 2.75) is 284 Å². The highest BCUT2D eigenvalue weighted by Crippen LogP contribution is 2.15. The number of methoxy groups -OCH3 is 2. The Morgan fingerprint density at radius 1 is 0.391 bits per heavy atom. The molecular formula is C58H117BrO10. The largest absolute Gasteiger partial charge is 0.466 e. The standard InChI is InChI=1S/C29H58O5.C20H42O3.C9H17BrO2/c1-4-6-7-8-9-10-11-12-13-14-15-16-18-21-24-32-27-28(26-31-3)34-25-22-19-17-20-23-29(30)33-5-2;1-3-4-5-6-7-8-9-10-11-12-13-14-15-16-17-23-19-20(21)18-22-2;1-2-12-9(11)7-5-3-4-6-8-10/h28H,4-27H2,1-3H3;20-21H,3-19H2,1-2H3;2-8H2,1H3. The summed E-state index contributed by atoms with van der Waals surface area (Å²) < 4.78 is 37.1. The maximum absolute atomic E-state index is 11.3. The third kappa shape index (κ3) is 69.3. The van der Waals surface area contributed by atoms with Crippen LogP contribution in [0.15, 0.2) is 0 Å². The molecule has 0 aromatic rings. The monoisotopic (exact) mass is 1050 g/mol. The zero-order chi connectivity index (χ0) is 51.2. The first-order valence-electron chi connectivity index (χ1n) is 29.2. The normalized spacial score (nSPS) is 11.9. The smallest absolute Gasteiger partial charge is 0.305 e. The molecule has 1 N–H and O–H groups in total. The van der Waals surface area contributed by atoms with E-state index in [1.165, 1.54) is 180 Å². The molecule has 10 nitrogen and oxygen atoms in total. The molecule has 0 rings (SSSR count). The first-order valence-corrected chi connectivity index (χ1v) is 30.3. The van der Waals surface area contributed by atoms with Crippen molar-refractivity contribution in [2.24, 2.45) is 0 Å². The number of alkyl halides is 1. The van der Waals surface area contributed by atoms with Crippen molar-refractivity contribution in [3.63, 3.8) is 0 Å². The lowest BCUT2D eigenvalue weighted by atomic mass is 10.0. The van der Waals surface area contributed by atoms with Gasteiger partial charge in [-0.1, -0.05) is 222 Å². The van der Waals surface area contributed by atoms with Gasteiger partial charge in [0.1, 0.15) is 12.2 Å². The Morgan fingerprint density at radius 2 is 0.710 bits per heavy atom. The highest BCUT2D eigenvalue weighted by Gasteiger charge is 2.10. The van der Waals surface area contributed by atoms with Gasteiger partial charge in [-0.25, -0.2) is 0 Å². The minimum atomic E-state index is -0.480. The molecule has 0 saturated heterocycles. The maximum Gasteiger partial charge on any atom is 0.305 e. The molecule has 0 radical (unpaired) electrons. The Morgan fingerprint density at radius 3 is 1.06 bits per heavy atom. The van der Waals surface area contributed by atoms with Gasteiger partial charge < -0.3 is 38.3 Å². The lowest BCUT2D eigenvalue weighted by molar-refractivity contribution is -0.144. The van der Waals surface area contributed by atoms with E-state index in [1.54, 1.807) is 14.2 Å². The van der Waals surface area contributed by atoms with Gasteiger partial charge in [0.15, 0.2) is 0 Å². The van der Waals surface area contributed by atoms with Crippen LogP contribution in [0.1, 0.15) is 272 Å². The molecule has 0 aromatic carbocycles. The van der Waals surface area contributed by atoms with Crippen molar-refractivity contribution in [1.29, 1.82) is 0 Å². The molecule has 0 aliphatic rings. The Balaban J connectivity index is -0.00000107. The second kappa shape index (κ2) is 67.2. The third-order valence-corrected chi connectivity index (χ3v) is 12.7. The van der Waals surface area contributed by atoms with E-state index in [2.05, 4.69) is 29.8 Å². The number of ether oxygens (including phenoxy) is 7. The minimum Gasteiger partial charge on any atom is -0.466 e. The van der Waals surface area contributed by atoms with Crippen LogP contribution in [0.5, 0.6) is 0 Å². The Hall–Kier alpha value is -0.820. The first-order chi connectivity index (χ1) is 33.9. The summed E-state index contributed by atoms with van der Waals surface area (Å²) in [4.78, 5) is 22.2. The summed E-state index contributed by atoms with van der Waals surface area (Å²) >= 11 is 3.36. The molecule has 0 amide bonds. The van der Waals surface area contributed by atoms with E-state index in [4.69, 9.17) is 33.2 Å². The van der Waals surface area contributed by atoms with Crippen LogP contribution in [0.25, 0.3) is 0 Å². The number of hydrogen-bond donors (Lipinski definition) is 1. The van der Waals surface area contributed by atoms with Gasteiger partial charge in [-0.05, 0) is 52.4 Å². The fourth-order valence-corrected chi connectivity index (χ4v) is 8.36. The van der Waals surface area contributed by atoms with Crippen LogP contribution in [-0.2, 0) is 42.7 Å². The van der Waals surface area contributed by atoms with Gasteiger partial charge in [0.25, 0.3) is 0 Å². The summed E-state index contributed by atoms with van der Waals surface area (Å²) in [5, 5.41) is 10.5. The zero-order valence-corrected chi connectivity index (χ0v) is 48.2.